The van der Waals surface area contributed by atoms with Crippen LogP contribution in [0, 0.1) is 5.82 Å². The number of rotatable bonds is 6. The van der Waals surface area contributed by atoms with Crippen molar-refractivity contribution in [1.82, 2.24) is 0 Å². The third-order valence-corrected chi connectivity index (χ3v) is 4.80. The molecule has 4 aromatic carbocycles. The fourth-order valence-corrected chi connectivity index (χ4v) is 3.39. The van der Waals surface area contributed by atoms with Gasteiger partial charge >= 0.3 is 5.97 Å². The van der Waals surface area contributed by atoms with Crippen molar-refractivity contribution in [2.75, 3.05) is 0 Å². The van der Waals surface area contributed by atoms with Crippen molar-refractivity contribution < 1.29 is 19.0 Å². The van der Waals surface area contributed by atoms with Crippen molar-refractivity contribution in [2.24, 2.45) is 0 Å². The predicted octanol–water partition coefficient (Wildman–Crippen LogP) is 6.44. The summed E-state index contributed by atoms with van der Waals surface area (Å²) in [6.07, 6.45) is 0. The lowest BCUT2D eigenvalue weighted by Gasteiger charge is -2.15. The molecule has 0 spiro atoms. The molecule has 148 valence electrons. The topological polar surface area (TPSA) is 46.5 Å². The molecule has 0 atom stereocenters. The van der Waals surface area contributed by atoms with Gasteiger partial charge in [0.05, 0.1) is 5.56 Å². The van der Waals surface area contributed by atoms with Crippen LogP contribution in [0.3, 0.4) is 0 Å². The first kappa shape index (κ1) is 19.4. The van der Waals surface area contributed by atoms with Gasteiger partial charge in [0.15, 0.2) is 0 Å². The van der Waals surface area contributed by atoms with E-state index in [9.17, 15) is 14.3 Å². The standard InChI is InChI=1S/C26H19FO3/c27-21-15-19(14-20(16-21)26(28)29)22-10-4-5-11-23(22)24-12-6-7-13-25(24)30-17-18-8-2-1-3-9-18/h1-16H,17H2,(H,28,29). The molecule has 0 aliphatic carbocycles. The number of carboxylic acids is 1. The van der Waals surface area contributed by atoms with Crippen molar-refractivity contribution in [3.05, 3.63) is 114 Å². The van der Waals surface area contributed by atoms with Gasteiger partial charge < -0.3 is 9.84 Å². The average Bonchev–Trinajstić information content (AvgIpc) is 2.78. The van der Waals surface area contributed by atoms with Crippen LogP contribution in [-0.4, -0.2) is 11.1 Å². The smallest absolute Gasteiger partial charge is 0.335 e. The van der Waals surface area contributed by atoms with Gasteiger partial charge in [0, 0.05) is 5.56 Å². The summed E-state index contributed by atoms with van der Waals surface area (Å²) in [6, 6.07) is 28.9. The molecule has 0 saturated carbocycles. The number of carbonyl (C=O) groups is 1. The fourth-order valence-electron chi connectivity index (χ4n) is 3.39. The van der Waals surface area contributed by atoms with Gasteiger partial charge in [-0.05, 0) is 46.5 Å². The minimum atomic E-state index is -1.17. The van der Waals surface area contributed by atoms with Crippen LogP contribution in [0.25, 0.3) is 22.3 Å². The highest BCUT2D eigenvalue weighted by molar-refractivity contribution is 5.92. The molecule has 0 aliphatic rings. The van der Waals surface area contributed by atoms with E-state index in [2.05, 4.69) is 0 Å². The summed E-state index contributed by atoms with van der Waals surface area (Å²) in [5, 5.41) is 9.30. The Morgan fingerprint density at radius 1 is 0.767 bits per heavy atom. The molecule has 0 heterocycles. The van der Waals surface area contributed by atoms with Crippen molar-refractivity contribution in [1.29, 1.82) is 0 Å². The first-order chi connectivity index (χ1) is 14.6. The minimum Gasteiger partial charge on any atom is -0.488 e. The Morgan fingerprint density at radius 3 is 2.13 bits per heavy atom. The van der Waals surface area contributed by atoms with E-state index in [1.807, 2.05) is 78.9 Å². The van der Waals surface area contributed by atoms with Gasteiger partial charge in [-0.15, -0.1) is 0 Å². The van der Waals surface area contributed by atoms with Crippen LogP contribution in [-0.2, 0) is 6.61 Å². The summed E-state index contributed by atoms with van der Waals surface area (Å²) >= 11 is 0. The van der Waals surface area contributed by atoms with Gasteiger partial charge in [-0.3, -0.25) is 0 Å². The number of halogens is 1. The van der Waals surface area contributed by atoms with Gasteiger partial charge in [-0.1, -0.05) is 72.8 Å². The summed E-state index contributed by atoms with van der Waals surface area (Å²) in [7, 11) is 0. The molecule has 0 bridgehead atoms. The number of ether oxygens (including phenoxy) is 1. The number of aromatic carboxylic acids is 1. The second-order valence-electron chi connectivity index (χ2n) is 6.85. The molecule has 0 aliphatic heterocycles. The molecule has 1 N–H and O–H groups in total. The zero-order valence-electron chi connectivity index (χ0n) is 16.1. The molecule has 30 heavy (non-hydrogen) atoms. The van der Waals surface area contributed by atoms with Gasteiger partial charge in [0.1, 0.15) is 18.2 Å². The zero-order valence-corrected chi connectivity index (χ0v) is 16.1. The summed E-state index contributed by atoms with van der Waals surface area (Å²) in [5.41, 5.74) is 3.88. The van der Waals surface area contributed by atoms with Gasteiger partial charge in [-0.2, -0.15) is 0 Å². The highest BCUT2D eigenvalue weighted by Gasteiger charge is 2.14. The normalized spacial score (nSPS) is 10.6. The van der Waals surface area contributed by atoms with E-state index in [1.165, 1.54) is 12.1 Å². The van der Waals surface area contributed by atoms with Crippen LogP contribution in [0.1, 0.15) is 15.9 Å². The lowest BCUT2D eigenvalue weighted by Crippen LogP contribution is -1.99. The maximum absolute atomic E-state index is 14.1. The van der Waals surface area contributed by atoms with E-state index < -0.39 is 11.8 Å². The van der Waals surface area contributed by atoms with Crippen LogP contribution >= 0.6 is 0 Å². The summed E-state index contributed by atoms with van der Waals surface area (Å²) < 4.78 is 20.2. The van der Waals surface area contributed by atoms with E-state index in [4.69, 9.17) is 4.74 Å². The molecule has 0 saturated heterocycles. The summed E-state index contributed by atoms with van der Waals surface area (Å²) in [4.78, 5) is 11.4. The second-order valence-corrected chi connectivity index (χ2v) is 6.85. The van der Waals surface area contributed by atoms with Crippen LogP contribution < -0.4 is 4.74 Å². The van der Waals surface area contributed by atoms with Gasteiger partial charge in [0.2, 0.25) is 0 Å². The van der Waals surface area contributed by atoms with Crippen molar-refractivity contribution in [3.8, 4) is 28.0 Å². The zero-order chi connectivity index (χ0) is 20.9. The fraction of sp³-hybridized carbons (Fsp3) is 0.0385. The van der Waals surface area contributed by atoms with Crippen LogP contribution in [0.4, 0.5) is 4.39 Å². The second kappa shape index (κ2) is 8.62. The molecule has 0 radical (unpaired) electrons. The molecular weight excluding hydrogens is 379 g/mol. The average molecular weight is 398 g/mol. The largest absolute Gasteiger partial charge is 0.488 e. The third kappa shape index (κ3) is 4.23. The molecule has 4 rings (SSSR count). The molecular formula is C26H19FO3. The third-order valence-electron chi connectivity index (χ3n) is 4.80. The summed E-state index contributed by atoms with van der Waals surface area (Å²) in [6.45, 7) is 0.420. The molecule has 3 nitrogen and oxygen atoms in total. The van der Waals surface area contributed by atoms with Crippen LogP contribution in [0.5, 0.6) is 5.75 Å². The summed E-state index contributed by atoms with van der Waals surface area (Å²) in [5.74, 6) is -1.06. The van der Waals surface area contributed by atoms with Gasteiger partial charge in [-0.25, -0.2) is 9.18 Å². The maximum Gasteiger partial charge on any atom is 0.335 e. The quantitative estimate of drug-likeness (QED) is 0.407. The maximum atomic E-state index is 14.1. The number of carboxylic acid groups (broad SMARTS) is 1. The highest BCUT2D eigenvalue weighted by Crippen LogP contribution is 2.38. The Kier molecular flexibility index (Phi) is 5.57. The predicted molar refractivity (Wildman–Crippen MR) is 115 cm³/mol. The van der Waals surface area contributed by atoms with Crippen LogP contribution in [0.2, 0.25) is 0 Å². The Balaban J connectivity index is 1.76. The van der Waals surface area contributed by atoms with Crippen molar-refractivity contribution in [3.63, 3.8) is 0 Å². The number of hydrogen-bond donors (Lipinski definition) is 1. The minimum absolute atomic E-state index is 0.0894. The van der Waals surface area contributed by atoms with Crippen molar-refractivity contribution in [2.45, 2.75) is 6.61 Å². The van der Waals surface area contributed by atoms with E-state index in [-0.39, 0.29) is 5.56 Å². The molecule has 4 heteroatoms. The first-order valence-corrected chi connectivity index (χ1v) is 9.51. The SMILES string of the molecule is O=C(O)c1cc(F)cc(-c2ccccc2-c2ccccc2OCc2ccccc2)c1. The number of benzene rings is 4. The lowest BCUT2D eigenvalue weighted by molar-refractivity contribution is 0.0696. The van der Waals surface area contributed by atoms with E-state index in [1.54, 1.807) is 0 Å². The van der Waals surface area contributed by atoms with Crippen molar-refractivity contribution >= 4 is 5.97 Å². The monoisotopic (exact) mass is 398 g/mol. The number of hydrogen-bond acceptors (Lipinski definition) is 2. The molecule has 0 aromatic heterocycles. The van der Waals surface area contributed by atoms with E-state index in [0.29, 0.717) is 17.9 Å². The molecule has 0 fully saturated rings. The molecule has 4 aromatic rings. The highest BCUT2D eigenvalue weighted by atomic mass is 19.1. The Labute approximate surface area is 174 Å². The Morgan fingerprint density at radius 2 is 1.40 bits per heavy atom. The lowest BCUT2D eigenvalue weighted by atomic mass is 9.93. The van der Waals surface area contributed by atoms with E-state index in [0.717, 1.165) is 28.3 Å². The number of para-hydroxylation sites is 1. The Bertz CT molecular complexity index is 1190. The Hall–Kier alpha value is -3.92. The van der Waals surface area contributed by atoms with Crippen LogP contribution in [0.15, 0.2) is 97.1 Å². The van der Waals surface area contributed by atoms with Gasteiger partial charge in [0.25, 0.3) is 0 Å². The molecule has 0 amide bonds. The molecule has 0 unspecified atom stereocenters. The first-order valence-electron chi connectivity index (χ1n) is 9.51. The van der Waals surface area contributed by atoms with E-state index >= 15 is 0 Å².